The molecule has 1 rings (SSSR count). The zero-order chi connectivity index (χ0) is 21.0. The van der Waals surface area contributed by atoms with E-state index in [-0.39, 0.29) is 0 Å². The smallest absolute Gasteiger partial charge is 0.0399 e. The predicted octanol–water partition coefficient (Wildman–Crippen LogP) is 8.09. The fourth-order valence-corrected chi connectivity index (χ4v) is 3.97. The van der Waals surface area contributed by atoms with Gasteiger partial charge in [0.15, 0.2) is 0 Å². The molecule has 0 N–H and O–H groups in total. The highest BCUT2D eigenvalue weighted by atomic mass is 35.5. The summed E-state index contributed by atoms with van der Waals surface area (Å²) < 4.78 is 0. The summed E-state index contributed by atoms with van der Waals surface area (Å²) in [5.74, 6) is 1.22. The van der Waals surface area contributed by atoms with Crippen molar-refractivity contribution < 1.29 is 0 Å². The molecule has 0 unspecified atom stereocenters. The second kappa shape index (κ2) is 19.2. The Balaban J connectivity index is 2.05. The second-order valence-electron chi connectivity index (χ2n) is 7.88. The number of rotatable bonds is 19. The number of anilines is 1. The van der Waals surface area contributed by atoms with Gasteiger partial charge < -0.3 is 4.90 Å². The van der Waals surface area contributed by atoms with Gasteiger partial charge in [0.25, 0.3) is 0 Å². The highest BCUT2D eigenvalue weighted by Crippen LogP contribution is 2.15. The fraction of sp³-hybridized carbons (Fsp3) is 0.720. The lowest BCUT2D eigenvalue weighted by molar-refractivity contribution is 0.545. The molecule has 0 fully saturated rings. The molecule has 0 atom stereocenters. The maximum absolute atomic E-state index is 5.88. The number of hydrogen-bond donors (Lipinski definition) is 0. The summed E-state index contributed by atoms with van der Waals surface area (Å²) in [6.07, 6.45) is 18.6. The minimum Gasteiger partial charge on any atom is -0.369 e. The normalized spacial score (nSPS) is 11.4. The molecule has 0 radical (unpaired) electrons. The van der Waals surface area contributed by atoms with E-state index in [1.807, 2.05) is 6.21 Å². The van der Waals surface area contributed by atoms with E-state index in [2.05, 4.69) is 41.1 Å². The van der Waals surface area contributed by atoms with Crippen molar-refractivity contribution in [3.05, 3.63) is 29.8 Å². The third kappa shape index (κ3) is 14.0. The SMILES string of the molecule is CCCCCCCCCCCCCCN=Cc1ccc(N(CCCl)CCCl)cc1. The molecule has 29 heavy (non-hydrogen) atoms. The molecular weight excluding hydrogens is 399 g/mol. The van der Waals surface area contributed by atoms with Gasteiger partial charge in [-0.05, 0) is 24.1 Å². The molecule has 1 aromatic rings. The first-order valence-corrected chi connectivity index (χ1v) is 12.9. The van der Waals surface area contributed by atoms with E-state index in [4.69, 9.17) is 23.2 Å². The zero-order valence-corrected chi connectivity index (χ0v) is 20.1. The average Bonchev–Trinajstić information content (AvgIpc) is 2.74. The molecule has 1 aromatic carbocycles. The first-order chi connectivity index (χ1) is 14.3. The van der Waals surface area contributed by atoms with Crippen LogP contribution in [0.3, 0.4) is 0 Å². The van der Waals surface area contributed by atoms with Crippen LogP contribution in [0.5, 0.6) is 0 Å². The summed E-state index contributed by atoms with van der Waals surface area (Å²) in [5.41, 5.74) is 2.33. The van der Waals surface area contributed by atoms with Crippen LogP contribution in [0, 0.1) is 0 Å². The number of halogens is 2. The number of nitrogens with zero attached hydrogens (tertiary/aromatic N) is 2. The number of unbranched alkanes of at least 4 members (excludes halogenated alkanes) is 11. The summed E-state index contributed by atoms with van der Waals surface area (Å²) in [6.45, 7) is 4.86. The van der Waals surface area contributed by atoms with E-state index in [9.17, 15) is 0 Å². The van der Waals surface area contributed by atoms with Crippen LogP contribution in [-0.4, -0.2) is 37.6 Å². The lowest BCUT2D eigenvalue weighted by atomic mass is 10.1. The van der Waals surface area contributed by atoms with Gasteiger partial charge in [0.1, 0.15) is 0 Å². The van der Waals surface area contributed by atoms with Crippen LogP contribution >= 0.6 is 23.2 Å². The summed E-state index contributed by atoms with van der Waals surface area (Å²) in [4.78, 5) is 6.81. The van der Waals surface area contributed by atoms with Gasteiger partial charge in [-0.25, -0.2) is 0 Å². The maximum atomic E-state index is 5.88. The first-order valence-electron chi connectivity index (χ1n) is 11.8. The minimum absolute atomic E-state index is 0.610. The van der Waals surface area contributed by atoms with Gasteiger partial charge in [0, 0.05) is 43.3 Å². The van der Waals surface area contributed by atoms with E-state index in [0.717, 1.165) is 25.2 Å². The first kappa shape index (κ1) is 26.3. The Hall–Kier alpha value is -0.730. The van der Waals surface area contributed by atoms with Gasteiger partial charge in [0.2, 0.25) is 0 Å². The van der Waals surface area contributed by atoms with Gasteiger partial charge in [-0.2, -0.15) is 0 Å². The second-order valence-corrected chi connectivity index (χ2v) is 8.64. The van der Waals surface area contributed by atoms with E-state index in [1.54, 1.807) is 0 Å². The molecule has 166 valence electrons. The third-order valence-electron chi connectivity index (χ3n) is 5.35. The summed E-state index contributed by atoms with van der Waals surface area (Å²) in [5, 5.41) is 0. The number of hydrogen-bond acceptors (Lipinski definition) is 2. The Morgan fingerprint density at radius 2 is 1.21 bits per heavy atom. The number of benzene rings is 1. The van der Waals surface area contributed by atoms with Crippen LogP contribution in [0.2, 0.25) is 0 Å². The fourth-order valence-electron chi connectivity index (χ4n) is 3.56. The molecule has 0 heterocycles. The summed E-state index contributed by atoms with van der Waals surface area (Å²) in [7, 11) is 0. The van der Waals surface area contributed by atoms with E-state index in [1.165, 1.54) is 82.7 Å². The standard InChI is InChI=1S/C25H42Cl2N2/c1-2-3-4-5-6-7-8-9-10-11-12-13-20-28-23-24-14-16-25(17-15-24)29(21-18-26)22-19-27/h14-17,23H,2-13,18-22H2,1H3. The zero-order valence-electron chi connectivity index (χ0n) is 18.6. The molecule has 0 aromatic heterocycles. The highest BCUT2D eigenvalue weighted by molar-refractivity contribution is 6.18. The van der Waals surface area contributed by atoms with Crippen LogP contribution in [-0.2, 0) is 0 Å². The molecule has 4 heteroatoms. The number of aliphatic imine (C=N–C) groups is 1. The molecule has 0 aliphatic heterocycles. The molecule has 0 bridgehead atoms. The molecule has 0 saturated heterocycles. The topological polar surface area (TPSA) is 15.6 Å². The van der Waals surface area contributed by atoms with Crippen LogP contribution in [0.1, 0.15) is 89.5 Å². The molecule has 0 saturated carbocycles. The van der Waals surface area contributed by atoms with Crippen molar-refractivity contribution in [2.45, 2.75) is 84.0 Å². The van der Waals surface area contributed by atoms with Gasteiger partial charge in [0.05, 0.1) is 0 Å². The average molecular weight is 442 g/mol. The Labute approximate surface area is 190 Å². The Kier molecular flexibility index (Phi) is 17.5. The minimum atomic E-state index is 0.610. The monoisotopic (exact) mass is 440 g/mol. The number of alkyl halides is 2. The Bertz CT molecular complexity index is 496. The molecule has 0 spiro atoms. The van der Waals surface area contributed by atoms with Crippen molar-refractivity contribution in [1.29, 1.82) is 0 Å². The molecule has 0 amide bonds. The molecular formula is C25H42Cl2N2. The highest BCUT2D eigenvalue weighted by Gasteiger charge is 2.04. The Morgan fingerprint density at radius 1 is 0.724 bits per heavy atom. The quantitative estimate of drug-likeness (QED) is 0.120. The van der Waals surface area contributed by atoms with Crippen molar-refractivity contribution in [2.24, 2.45) is 4.99 Å². The summed E-state index contributed by atoms with van der Waals surface area (Å²) in [6, 6.07) is 8.50. The molecule has 0 aliphatic rings. The third-order valence-corrected chi connectivity index (χ3v) is 5.69. The van der Waals surface area contributed by atoms with Crippen LogP contribution < -0.4 is 4.90 Å². The van der Waals surface area contributed by atoms with Gasteiger partial charge in [-0.1, -0.05) is 89.7 Å². The van der Waals surface area contributed by atoms with Gasteiger partial charge in [-0.15, -0.1) is 23.2 Å². The van der Waals surface area contributed by atoms with Crippen LogP contribution in [0.25, 0.3) is 0 Å². The largest absolute Gasteiger partial charge is 0.369 e. The Morgan fingerprint density at radius 3 is 1.69 bits per heavy atom. The lowest BCUT2D eigenvalue weighted by Gasteiger charge is -2.22. The van der Waals surface area contributed by atoms with Crippen molar-refractivity contribution in [3.8, 4) is 0 Å². The summed E-state index contributed by atoms with van der Waals surface area (Å²) >= 11 is 11.8. The van der Waals surface area contributed by atoms with Crippen LogP contribution in [0.15, 0.2) is 29.3 Å². The van der Waals surface area contributed by atoms with Crippen molar-refractivity contribution in [3.63, 3.8) is 0 Å². The van der Waals surface area contributed by atoms with E-state index < -0.39 is 0 Å². The van der Waals surface area contributed by atoms with Crippen molar-refractivity contribution in [2.75, 3.05) is 36.3 Å². The van der Waals surface area contributed by atoms with E-state index in [0.29, 0.717) is 11.8 Å². The molecule has 0 aliphatic carbocycles. The van der Waals surface area contributed by atoms with Crippen LogP contribution in [0.4, 0.5) is 5.69 Å². The molecule has 2 nitrogen and oxygen atoms in total. The van der Waals surface area contributed by atoms with Gasteiger partial charge in [-0.3, -0.25) is 4.99 Å². The van der Waals surface area contributed by atoms with Gasteiger partial charge >= 0.3 is 0 Å². The van der Waals surface area contributed by atoms with Crippen molar-refractivity contribution in [1.82, 2.24) is 0 Å². The maximum Gasteiger partial charge on any atom is 0.0399 e. The predicted molar refractivity (Wildman–Crippen MR) is 134 cm³/mol. The lowest BCUT2D eigenvalue weighted by Crippen LogP contribution is -2.27. The van der Waals surface area contributed by atoms with E-state index >= 15 is 0 Å². The van der Waals surface area contributed by atoms with Crippen molar-refractivity contribution >= 4 is 35.1 Å².